The van der Waals surface area contributed by atoms with Gasteiger partial charge >= 0.3 is 15.6 Å². The monoisotopic (exact) mass is 689 g/mol. The number of hydrogen-bond acceptors (Lipinski definition) is 18. The molecule has 0 saturated carbocycles. The Morgan fingerprint density at radius 3 is 2.46 bits per heavy atom. The van der Waals surface area contributed by atoms with Gasteiger partial charge in [0.15, 0.2) is 35.3 Å². The molecule has 4 aliphatic heterocycles. The van der Waals surface area contributed by atoms with Gasteiger partial charge in [-0.3, -0.25) is 42.3 Å². The Morgan fingerprint density at radius 1 is 1.13 bits per heavy atom. The molecule has 3 fully saturated rings. The summed E-state index contributed by atoms with van der Waals surface area (Å²) in [5.41, 5.74) is 17.0. The minimum atomic E-state index is -5.05. The van der Waals surface area contributed by atoms with Crippen molar-refractivity contribution in [2.24, 2.45) is 26.4 Å². The maximum Gasteiger partial charge on any atom is 0.472 e. The van der Waals surface area contributed by atoms with Gasteiger partial charge in [0.1, 0.15) is 36.2 Å². The van der Waals surface area contributed by atoms with Crippen molar-refractivity contribution in [3.8, 4) is 0 Å². The van der Waals surface area contributed by atoms with Gasteiger partial charge in [-0.05, 0) is 6.72 Å². The van der Waals surface area contributed by atoms with E-state index in [0.717, 1.165) is 10.9 Å². The van der Waals surface area contributed by atoms with E-state index in [4.69, 9.17) is 44.8 Å². The van der Waals surface area contributed by atoms with E-state index >= 15 is 0 Å². The van der Waals surface area contributed by atoms with Gasteiger partial charge in [0.2, 0.25) is 5.95 Å². The van der Waals surface area contributed by atoms with E-state index in [2.05, 4.69) is 36.6 Å². The Balaban J connectivity index is 1.32. The summed E-state index contributed by atoms with van der Waals surface area (Å²) in [7, 11) is -8.66. The predicted octanol–water partition coefficient (Wildman–Crippen LogP) is -2.77. The van der Waals surface area contributed by atoms with Crippen LogP contribution in [0.5, 0.6) is 0 Å². The number of aliphatic imine (C=N–C) groups is 3. The Labute approximate surface area is 257 Å². The lowest BCUT2D eigenvalue weighted by atomic mass is 10.1. The van der Waals surface area contributed by atoms with Crippen molar-refractivity contribution in [3.05, 3.63) is 28.2 Å². The van der Waals surface area contributed by atoms with Crippen molar-refractivity contribution < 1.29 is 51.6 Å². The van der Waals surface area contributed by atoms with Crippen molar-refractivity contribution in [2.45, 2.75) is 49.0 Å². The number of nitrogens with two attached hydrogens (primary N) is 3. The summed E-state index contributed by atoms with van der Waals surface area (Å²) < 4.78 is 60.6. The second-order valence-electron chi connectivity index (χ2n) is 10.2. The molecule has 250 valence electrons. The first-order valence-corrected chi connectivity index (χ1v) is 16.3. The van der Waals surface area contributed by atoms with Crippen molar-refractivity contribution >= 4 is 51.6 Å². The van der Waals surface area contributed by atoms with E-state index in [9.17, 15) is 28.8 Å². The van der Waals surface area contributed by atoms with Gasteiger partial charge in [0.05, 0.1) is 31.9 Å². The van der Waals surface area contributed by atoms with Crippen molar-refractivity contribution in [1.82, 2.24) is 24.4 Å². The Kier molecular flexibility index (Phi) is 8.46. The summed E-state index contributed by atoms with van der Waals surface area (Å²) in [6.07, 6.45) is -8.12. The van der Waals surface area contributed by atoms with Crippen molar-refractivity contribution in [2.75, 3.05) is 26.0 Å². The molecule has 4 bridgehead atoms. The molecule has 46 heavy (non-hydrogen) atoms. The highest BCUT2D eigenvalue weighted by atomic mass is 31.2. The van der Waals surface area contributed by atoms with Crippen LogP contribution >= 0.6 is 15.6 Å². The molecule has 0 aromatic carbocycles. The van der Waals surface area contributed by atoms with Crippen molar-refractivity contribution in [1.29, 1.82) is 0 Å². The number of nitrogens with one attached hydrogen (secondary N) is 1. The van der Waals surface area contributed by atoms with E-state index in [0.29, 0.717) is 0 Å². The van der Waals surface area contributed by atoms with Crippen LogP contribution in [0.2, 0.25) is 0 Å². The smallest absolute Gasteiger partial charge is 0.387 e. The van der Waals surface area contributed by atoms with Gasteiger partial charge in [-0.25, -0.2) is 24.1 Å². The predicted molar refractivity (Wildman–Crippen MR) is 155 cm³/mol. The van der Waals surface area contributed by atoms with Crippen LogP contribution in [-0.4, -0.2) is 121 Å². The van der Waals surface area contributed by atoms with Crippen LogP contribution < -0.4 is 22.8 Å². The number of phosphoric acid groups is 2. The minimum Gasteiger partial charge on any atom is -0.387 e. The second kappa shape index (κ2) is 12.0. The van der Waals surface area contributed by atoms with Crippen LogP contribution in [0.3, 0.4) is 0 Å². The first-order valence-electron chi connectivity index (χ1n) is 13.3. The fourth-order valence-electron chi connectivity index (χ4n) is 5.29. The Bertz CT molecular complexity index is 1800. The first kappa shape index (κ1) is 32.5. The van der Waals surface area contributed by atoms with E-state index in [1.165, 1.54) is 18.3 Å². The van der Waals surface area contributed by atoms with Crippen LogP contribution in [0, 0.1) is 0 Å². The number of phosphoric ester groups is 2. The molecular weight excluding hydrogens is 660 g/mol. The molecule has 0 aliphatic carbocycles. The number of anilines is 1. The largest absolute Gasteiger partial charge is 0.472 e. The summed E-state index contributed by atoms with van der Waals surface area (Å²) >= 11 is 0. The normalized spacial score (nSPS) is 40.5. The zero-order valence-corrected chi connectivity index (χ0v) is 25.5. The summed E-state index contributed by atoms with van der Waals surface area (Å²) in [5.74, 6) is -0.239. The molecule has 2 unspecified atom stereocenters. The van der Waals surface area contributed by atoms with Crippen LogP contribution in [0.15, 0.2) is 37.6 Å². The van der Waals surface area contributed by atoms with Crippen LogP contribution in [0.1, 0.15) is 6.23 Å². The van der Waals surface area contributed by atoms with Gasteiger partial charge in [0.25, 0.3) is 5.56 Å². The number of H-pyrrole nitrogens is 1. The number of rotatable bonds is 3. The number of nitrogens with zero attached hydrogens (tertiary/aromatic N) is 7. The molecule has 23 nitrogen and oxygen atoms in total. The third kappa shape index (κ3) is 5.81. The summed E-state index contributed by atoms with van der Waals surface area (Å²) in [6.45, 7) is 1.85. The third-order valence-corrected chi connectivity index (χ3v) is 9.39. The average Bonchev–Trinajstić information content (AvgIpc) is 3.75. The van der Waals surface area contributed by atoms with E-state index in [-0.39, 0.29) is 34.5 Å². The second-order valence-corrected chi connectivity index (χ2v) is 13.0. The number of ether oxygens (including phenoxy) is 2. The average molecular weight is 689 g/mol. The molecule has 6 rings (SSSR count). The zero-order chi connectivity index (χ0) is 33.1. The number of nitrogen functional groups attached to an aromatic ring is 1. The number of hydrogen-bond donors (Lipinski definition) is 7. The summed E-state index contributed by atoms with van der Waals surface area (Å²) in [5, 5.41) is 11.1. The molecule has 0 spiro atoms. The minimum absolute atomic E-state index is 0.0754. The molecule has 3 saturated heterocycles. The van der Waals surface area contributed by atoms with Gasteiger partial charge in [-0.1, -0.05) is 0 Å². The molecule has 10 N–H and O–H groups in total. The van der Waals surface area contributed by atoms with Gasteiger partial charge in [-0.15, -0.1) is 0 Å². The van der Waals surface area contributed by atoms with Crippen LogP contribution in [0.4, 0.5) is 5.95 Å². The quantitative estimate of drug-likeness (QED) is 0.127. The fourth-order valence-corrected chi connectivity index (χ4v) is 7.17. The fraction of sp³-hybridized carbons (Fsp3) is 0.524. The van der Waals surface area contributed by atoms with Crippen LogP contribution in [0.25, 0.3) is 11.2 Å². The number of aliphatic hydroxyl groups excluding tert-OH is 1. The lowest BCUT2D eigenvalue weighted by Crippen LogP contribution is -2.49. The van der Waals surface area contributed by atoms with Crippen molar-refractivity contribution in [3.63, 3.8) is 0 Å². The van der Waals surface area contributed by atoms with Gasteiger partial charge in [0, 0.05) is 7.05 Å². The SMILES string of the molecule is C=N/C(N)=C1/N=CN([C@@H]2O[C@@H]3COP(=O)(O)O[C@@H]4[C@H](O)[C@@H](COP(=O)(O)O[C@@H]2[C@@H]3N)O[C@H]4n2cnc3c(=O)[nH]c(N)nc32)/C1=N/C. The Hall–Kier alpha value is -3.44. The van der Waals surface area contributed by atoms with E-state index < -0.39 is 83.4 Å². The maximum absolute atomic E-state index is 13.2. The van der Waals surface area contributed by atoms with E-state index in [1.807, 2.05) is 0 Å². The zero-order valence-electron chi connectivity index (χ0n) is 23.7. The highest BCUT2D eigenvalue weighted by Crippen LogP contribution is 2.52. The highest BCUT2D eigenvalue weighted by molar-refractivity contribution is 7.47. The summed E-state index contributed by atoms with van der Waals surface area (Å²) in [6, 6.07) is -1.26. The van der Waals surface area contributed by atoms with Gasteiger partial charge < -0.3 is 41.6 Å². The number of amidine groups is 1. The molecular formula is C21H29N11O12P2. The van der Waals surface area contributed by atoms with Gasteiger partial charge in [-0.2, -0.15) is 4.98 Å². The standard InChI is InChI=1S/C21H29N11O12P2/c1-25-15(23)10-16(26-2)31(5-27-10)19-13-9(22)7(41-19)3-39-46(37,38)44-14-12(33)8(4-40-45(35,36)43-13)42-20(14)32-6-28-11-17(32)29-21(24)30-18(11)34/h5-9,12-14,19-20,33H,1,3-4,22-23H2,2H3,(H,35,36)(H,37,38)(H3,24,29,30,34)/b15-10+,26-16+/t7-,8-,9-,12-,13-,14-,19-,20-/m1/s1. The first-order chi connectivity index (χ1) is 21.7. The number of aromatic amines is 1. The molecule has 4 aliphatic rings. The molecule has 0 radical (unpaired) electrons. The summed E-state index contributed by atoms with van der Waals surface area (Å²) in [4.78, 5) is 57.2. The highest BCUT2D eigenvalue weighted by Gasteiger charge is 2.54. The number of aromatic nitrogens is 4. The molecule has 10 atom stereocenters. The lowest BCUT2D eigenvalue weighted by Gasteiger charge is -2.29. The molecule has 0 amide bonds. The van der Waals surface area contributed by atoms with Crippen LogP contribution in [-0.2, 0) is 36.7 Å². The van der Waals surface area contributed by atoms with E-state index in [1.54, 1.807) is 0 Å². The number of fused-ring (bicyclic) bond motifs is 5. The molecule has 2 aromatic heterocycles. The number of aliphatic hydroxyl groups is 1. The number of imidazole rings is 1. The lowest BCUT2D eigenvalue weighted by molar-refractivity contribution is -0.0669. The molecule has 2 aromatic rings. The molecule has 6 heterocycles. The Morgan fingerprint density at radius 2 is 1.78 bits per heavy atom. The topological polar surface area (TPSA) is 332 Å². The molecule has 25 heteroatoms. The maximum atomic E-state index is 13.2. The third-order valence-electron chi connectivity index (χ3n) is 7.42.